The highest BCUT2D eigenvalue weighted by Crippen LogP contribution is 2.28. The molecule has 166 valence electrons. The summed E-state index contributed by atoms with van der Waals surface area (Å²) in [5.74, 6) is 5.02. The molecule has 31 heavy (non-hydrogen) atoms. The van der Waals surface area contributed by atoms with Crippen molar-refractivity contribution in [2.75, 3.05) is 46.2 Å². The van der Waals surface area contributed by atoms with Crippen molar-refractivity contribution in [3.8, 4) is 11.8 Å². The van der Waals surface area contributed by atoms with Gasteiger partial charge in [-0.3, -0.25) is 19.7 Å². The Labute approximate surface area is 180 Å². The minimum Gasteiger partial charge on any atom is -0.394 e. The summed E-state index contributed by atoms with van der Waals surface area (Å²) in [5.41, 5.74) is 2.14. The Morgan fingerprint density at radius 2 is 1.81 bits per heavy atom. The monoisotopic (exact) mass is 430 g/mol. The predicted octanol–water partition coefficient (Wildman–Crippen LogP) is -0.159. The molecule has 2 aliphatic heterocycles. The summed E-state index contributed by atoms with van der Waals surface area (Å²) < 4.78 is 15.8. The summed E-state index contributed by atoms with van der Waals surface area (Å²) in [6, 6.07) is 4.72. The van der Waals surface area contributed by atoms with Crippen LogP contribution >= 0.6 is 0 Å². The number of piperidine rings is 1. The van der Waals surface area contributed by atoms with Crippen LogP contribution in [0.5, 0.6) is 0 Å². The third-order valence-corrected chi connectivity index (χ3v) is 4.91. The molecule has 1 aromatic carbocycles. The highest BCUT2D eigenvalue weighted by Gasteiger charge is 2.38. The molecule has 1 aromatic rings. The first-order valence-electron chi connectivity index (χ1n) is 10.2. The van der Waals surface area contributed by atoms with Crippen LogP contribution in [0.25, 0.3) is 0 Å². The molecule has 1 fully saturated rings. The third-order valence-electron chi connectivity index (χ3n) is 4.91. The molecule has 2 heterocycles. The molecule has 0 bridgehead atoms. The largest absolute Gasteiger partial charge is 0.394 e. The Morgan fingerprint density at radius 1 is 1.06 bits per heavy atom. The Morgan fingerprint density at radius 3 is 2.55 bits per heavy atom. The van der Waals surface area contributed by atoms with E-state index in [0.717, 1.165) is 11.1 Å². The van der Waals surface area contributed by atoms with E-state index in [1.807, 2.05) is 6.07 Å². The lowest BCUT2D eigenvalue weighted by molar-refractivity contribution is -0.136. The quantitative estimate of drug-likeness (QED) is 0.301. The van der Waals surface area contributed by atoms with Gasteiger partial charge in [-0.1, -0.05) is 11.8 Å². The van der Waals surface area contributed by atoms with Crippen LogP contribution < -0.4 is 5.32 Å². The van der Waals surface area contributed by atoms with Crippen LogP contribution in [0.3, 0.4) is 0 Å². The van der Waals surface area contributed by atoms with Crippen molar-refractivity contribution < 1.29 is 33.7 Å². The van der Waals surface area contributed by atoms with Gasteiger partial charge in [0.2, 0.25) is 11.8 Å². The Balaban J connectivity index is 1.43. The van der Waals surface area contributed by atoms with E-state index >= 15 is 0 Å². The van der Waals surface area contributed by atoms with Gasteiger partial charge in [0.25, 0.3) is 5.91 Å². The average Bonchev–Trinajstić information content (AvgIpc) is 3.07. The summed E-state index contributed by atoms with van der Waals surface area (Å²) >= 11 is 0. The molecular weight excluding hydrogens is 404 g/mol. The van der Waals surface area contributed by atoms with Crippen LogP contribution in [0.15, 0.2) is 18.2 Å². The molecular formula is C22H26N2O7. The molecule has 9 heteroatoms. The number of carbonyl (C=O) groups is 3. The van der Waals surface area contributed by atoms with E-state index in [4.69, 9.17) is 19.3 Å². The lowest BCUT2D eigenvalue weighted by Crippen LogP contribution is -2.52. The van der Waals surface area contributed by atoms with Gasteiger partial charge in [0.15, 0.2) is 0 Å². The van der Waals surface area contributed by atoms with E-state index in [-0.39, 0.29) is 31.4 Å². The van der Waals surface area contributed by atoms with Crippen molar-refractivity contribution in [1.82, 2.24) is 10.2 Å². The van der Waals surface area contributed by atoms with E-state index in [1.54, 1.807) is 12.1 Å². The van der Waals surface area contributed by atoms with Crippen molar-refractivity contribution in [3.63, 3.8) is 0 Å². The van der Waals surface area contributed by atoms with Gasteiger partial charge < -0.3 is 24.2 Å². The second-order valence-corrected chi connectivity index (χ2v) is 7.07. The lowest BCUT2D eigenvalue weighted by Gasteiger charge is -2.29. The highest BCUT2D eigenvalue weighted by atomic mass is 16.5. The molecule has 3 rings (SSSR count). The van der Waals surface area contributed by atoms with Crippen LogP contribution in [0, 0.1) is 11.8 Å². The van der Waals surface area contributed by atoms with E-state index in [1.165, 1.54) is 4.90 Å². The summed E-state index contributed by atoms with van der Waals surface area (Å²) in [6.45, 7) is 2.60. The maximum absolute atomic E-state index is 12.7. The number of nitrogens with zero attached hydrogens (tertiary/aromatic N) is 1. The van der Waals surface area contributed by atoms with E-state index in [9.17, 15) is 14.4 Å². The number of aliphatic hydroxyl groups is 1. The minimum absolute atomic E-state index is 0.000399. The summed E-state index contributed by atoms with van der Waals surface area (Å²) in [5, 5.41) is 10.9. The van der Waals surface area contributed by atoms with E-state index < -0.39 is 11.9 Å². The standard InChI is InChI=1S/C22H26N2O7/c25-7-9-30-11-13-31-12-10-29-8-1-2-16-3-4-18-17(14-16)15-24(22(18)28)19-5-6-20(26)23-21(19)27/h3-4,14,19,25H,5-13,15H2,(H,23,26,27). The fraction of sp³-hybridized carbons (Fsp3) is 0.500. The molecule has 1 saturated heterocycles. The molecule has 9 nitrogen and oxygen atoms in total. The second-order valence-electron chi connectivity index (χ2n) is 7.07. The van der Waals surface area contributed by atoms with Gasteiger partial charge in [0, 0.05) is 24.1 Å². The first kappa shape index (κ1) is 22.9. The van der Waals surface area contributed by atoms with Crippen molar-refractivity contribution >= 4 is 17.7 Å². The van der Waals surface area contributed by atoms with Crippen molar-refractivity contribution in [2.45, 2.75) is 25.4 Å². The topological polar surface area (TPSA) is 114 Å². The van der Waals surface area contributed by atoms with Gasteiger partial charge in [-0.05, 0) is 30.2 Å². The molecule has 2 aliphatic rings. The average molecular weight is 430 g/mol. The third kappa shape index (κ3) is 6.35. The molecule has 0 aromatic heterocycles. The van der Waals surface area contributed by atoms with Crippen LogP contribution in [-0.2, 0) is 30.3 Å². The van der Waals surface area contributed by atoms with Crippen LogP contribution in [0.4, 0.5) is 0 Å². The number of hydrogen-bond acceptors (Lipinski definition) is 7. The SMILES string of the molecule is O=C1CCC(N2Cc3cc(C#CCOCCOCCOCCO)ccc3C2=O)C(=O)N1. The maximum atomic E-state index is 12.7. The normalized spacial score (nSPS) is 17.9. The molecule has 3 amide bonds. The lowest BCUT2D eigenvalue weighted by atomic mass is 10.0. The van der Waals surface area contributed by atoms with Crippen molar-refractivity contribution in [1.29, 1.82) is 0 Å². The number of fused-ring (bicyclic) bond motifs is 1. The van der Waals surface area contributed by atoms with Gasteiger partial charge in [-0.15, -0.1) is 0 Å². The first-order chi connectivity index (χ1) is 15.1. The molecule has 1 unspecified atom stereocenters. The fourth-order valence-electron chi connectivity index (χ4n) is 3.42. The van der Waals surface area contributed by atoms with Crippen LogP contribution in [0.1, 0.15) is 34.3 Å². The number of rotatable bonds is 10. The zero-order valence-corrected chi connectivity index (χ0v) is 17.2. The fourth-order valence-corrected chi connectivity index (χ4v) is 3.42. The summed E-state index contributed by atoms with van der Waals surface area (Å²) in [6.07, 6.45) is 0.573. The molecule has 1 atom stereocenters. The van der Waals surface area contributed by atoms with Crippen LogP contribution in [-0.4, -0.2) is 80.0 Å². The van der Waals surface area contributed by atoms with Crippen LogP contribution in [0.2, 0.25) is 0 Å². The molecule has 0 saturated carbocycles. The van der Waals surface area contributed by atoms with Crippen molar-refractivity contribution in [2.24, 2.45) is 0 Å². The number of nitrogens with one attached hydrogen (secondary N) is 1. The van der Waals surface area contributed by atoms with E-state index in [2.05, 4.69) is 17.2 Å². The van der Waals surface area contributed by atoms with E-state index in [0.29, 0.717) is 51.6 Å². The first-order valence-corrected chi connectivity index (χ1v) is 10.2. The number of aliphatic hydroxyl groups excluding tert-OH is 1. The smallest absolute Gasteiger partial charge is 0.255 e. The van der Waals surface area contributed by atoms with Gasteiger partial charge >= 0.3 is 0 Å². The van der Waals surface area contributed by atoms with Gasteiger partial charge in [0.05, 0.1) is 39.6 Å². The van der Waals surface area contributed by atoms with Gasteiger partial charge in [0.1, 0.15) is 12.6 Å². The number of carbonyl (C=O) groups excluding carboxylic acids is 3. The number of hydrogen-bond donors (Lipinski definition) is 2. The Kier molecular flexibility index (Phi) is 8.55. The molecule has 0 spiro atoms. The summed E-state index contributed by atoms with van der Waals surface area (Å²) in [4.78, 5) is 37.6. The maximum Gasteiger partial charge on any atom is 0.255 e. The van der Waals surface area contributed by atoms with Gasteiger partial charge in [-0.25, -0.2) is 0 Å². The Bertz CT molecular complexity index is 874. The summed E-state index contributed by atoms with van der Waals surface area (Å²) in [7, 11) is 0. The number of ether oxygens (including phenoxy) is 3. The van der Waals surface area contributed by atoms with Crippen molar-refractivity contribution in [3.05, 3.63) is 34.9 Å². The van der Waals surface area contributed by atoms with Gasteiger partial charge in [-0.2, -0.15) is 0 Å². The Hall–Kier alpha value is -2.77. The number of amides is 3. The number of imide groups is 1. The molecule has 2 N–H and O–H groups in total. The highest BCUT2D eigenvalue weighted by molar-refractivity contribution is 6.05. The minimum atomic E-state index is -0.621. The number of benzene rings is 1. The second kappa shape index (κ2) is 11.6. The predicted molar refractivity (Wildman–Crippen MR) is 109 cm³/mol. The molecule has 0 radical (unpaired) electrons. The molecule has 0 aliphatic carbocycles. The zero-order valence-electron chi connectivity index (χ0n) is 17.2. The zero-order chi connectivity index (χ0) is 22.1.